The van der Waals surface area contributed by atoms with Crippen LogP contribution < -0.4 is 5.73 Å². The van der Waals surface area contributed by atoms with Crippen molar-refractivity contribution >= 4 is 27.4 Å². The van der Waals surface area contributed by atoms with Crippen LogP contribution in [0.15, 0.2) is 41.4 Å². The van der Waals surface area contributed by atoms with Gasteiger partial charge < -0.3 is 5.73 Å². The largest absolute Gasteiger partial charge is 0.398 e. The molecule has 0 bridgehead atoms. The number of hydrogen-bond acceptors (Lipinski definition) is 4. The number of halogens is 1. The molecule has 80 valence electrons. The van der Waals surface area contributed by atoms with Crippen molar-refractivity contribution in [1.82, 2.24) is 9.97 Å². The molecule has 0 saturated heterocycles. The molecule has 0 atom stereocenters. The summed E-state index contributed by atoms with van der Waals surface area (Å²) in [5.74, 6) is -0.124. The van der Waals surface area contributed by atoms with Crippen molar-refractivity contribution in [2.45, 2.75) is 0 Å². The van der Waals surface area contributed by atoms with Crippen LogP contribution in [0.2, 0.25) is 0 Å². The molecule has 0 aliphatic rings. The number of nitrogen functional groups attached to an aromatic ring is 1. The monoisotopic (exact) mass is 277 g/mol. The van der Waals surface area contributed by atoms with Gasteiger partial charge in [0.25, 0.3) is 0 Å². The zero-order valence-corrected chi connectivity index (χ0v) is 9.81. The molecule has 0 radical (unpaired) electrons. The van der Waals surface area contributed by atoms with E-state index in [0.717, 1.165) is 0 Å². The molecule has 0 fully saturated rings. The van der Waals surface area contributed by atoms with Crippen molar-refractivity contribution in [1.29, 1.82) is 0 Å². The van der Waals surface area contributed by atoms with E-state index in [2.05, 4.69) is 25.9 Å². The van der Waals surface area contributed by atoms with Gasteiger partial charge >= 0.3 is 0 Å². The molecule has 5 heteroatoms. The summed E-state index contributed by atoms with van der Waals surface area (Å²) in [7, 11) is 0. The Morgan fingerprint density at radius 2 is 1.88 bits per heavy atom. The van der Waals surface area contributed by atoms with Gasteiger partial charge in [-0.1, -0.05) is 0 Å². The van der Waals surface area contributed by atoms with Gasteiger partial charge in [0.15, 0.2) is 5.78 Å². The Morgan fingerprint density at radius 3 is 2.50 bits per heavy atom. The van der Waals surface area contributed by atoms with Crippen molar-refractivity contribution in [2.75, 3.05) is 5.73 Å². The molecule has 2 rings (SSSR count). The second kappa shape index (κ2) is 4.40. The smallest absolute Gasteiger partial charge is 0.196 e. The molecular formula is C11H8BrN3O. The number of nitrogens with two attached hydrogens (primary N) is 1. The third-order valence-corrected chi connectivity index (χ3v) is 2.77. The van der Waals surface area contributed by atoms with Crippen LogP contribution in [0.4, 0.5) is 5.69 Å². The Hall–Kier alpha value is -1.75. The highest BCUT2D eigenvalue weighted by molar-refractivity contribution is 9.10. The molecule has 0 aliphatic heterocycles. The summed E-state index contributed by atoms with van der Waals surface area (Å²) < 4.78 is 0.704. The van der Waals surface area contributed by atoms with E-state index < -0.39 is 0 Å². The molecule has 1 aromatic heterocycles. The van der Waals surface area contributed by atoms with Gasteiger partial charge in [0.1, 0.15) is 6.33 Å². The van der Waals surface area contributed by atoms with Gasteiger partial charge in [0.2, 0.25) is 0 Å². The van der Waals surface area contributed by atoms with Gasteiger partial charge in [0, 0.05) is 28.1 Å². The molecule has 0 unspecified atom stereocenters. The summed E-state index contributed by atoms with van der Waals surface area (Å²) in [4.78, 5) is 19.6. The lowest BCUT2D eigenvalue weighted by Gasteiger charge is -2.02. The van der Waals surface area contributed by atoms with Gasteiger partial charge in [-0.25, -0.2) is 9.97 Å². The number of nitrogens with zero attached hydrogens (tertiary/aromatic N) is 2. The Balaban J connectivity index is 2.39. The Bertz CT molecular complexity index is 528. The summed E-state index contributed by atoms with van der Waals surface area (Å²) in [6.45, 7) is 0. The fraction of sp³-hybridized carbons (Fsp3) is 0. The number of carbonyl (C=O) groups is 1. The first-order valence-electron chi connectivity index (χ1n) is 4.53. The SMILES string of the molecule is Nc1ccc(C(=O)c2cncnc2)cc1Br. The number of anilines is 1. The van der Waals surface area contributed by atoms with E-state index in [1.54, 1.807) is 18.2 Å². The van der Waals surface area contributed by atoms with Crippen molar-refractivity contribution in [3.05, 3.63) is 52.5 Å². The summed E-state index contributed by atoms with van der Waals surface area (Å²) >= 11 is 3.28. The van der Waals surface area contributed by atoms with Gasteiger partial charge in [-0.05, 0) is 34.1 Å². The summed E-state index contributed by atoms with van der Waals surface area (Å²) in [5, 5.41) is 0. The standard InChI is InChI=1S/C11H8BrN3O/c12-9-3-7(1-2-10(9)13)11(16)8-4-14-6-15-5-8/h1-6H,13H2. The lowest BCUT2D eigenvalue weighted by Crippen LogP contribution is -2.03. The number of rotatable bonds is 2. The predicted octanol–water partition coefficient (Wildman–Crippen LogP) is 2.05. The molecular weight excluding hydrogens is 270 g/mol. The topological polar surface area (TPSA) is 68.9 Å². The van der Waals surface area contributed by atoms with Crippen LogP contribution >= 0.6 is 15.9 Å². The number of benzene rings is 1. The molecule has 4 nitrogen and oxygen atoms in total. The van der Waals surface area contributed by atoms with E-state index in [9.17, 15) is 4.79 Å². The maximum Gasteiger partial charge on any atom is 0.196 e. The third kappa shape index (κ3) is 2.09. The van der Waals surface area contributed by atoms with E-state index >= 15 is 0 Å². The minimum Gasteiger partial charge on any atom is -0.398 e. The minimum atomic E-state index is -0.124. The van der Waals surface area contributed by atoms with Crippen LogP contribution in [0.3, 0.4) is 0 Å². The van der Waals surface area contributed by atoms with Crippen molar-refractivity contribution < 1.29 is 4.79 Å². The third-order valence-electron chi connectivity index (χ3n) is 2.09. The minimum absolute atomic E-state index is 0.124. The van der Waals surface area contributed by atoms with Crippen LogP contribution in [-0.4, -0.2) is 15.8 Å². The van der Waals surface area contributed by atoms with E-state index in [4.69, 9.17) is 5.73 Å². The molecule has 2 N–H and O–H groups in total. The summed E-state index contributed by atoms with van der Waals surface area (Å²) in [5.41, 5.74) is 7.25. The van der Waals surface area contributed by atoms with Crippen LogP contribution in [0.5, 0.6) is 0 Å². The van der Waals surface area contributed by atoms with Crippen LogP contribution in [0.1, 0.15) is 15.9 Å². The van der Waals surface area contributed by atoms with Crippen LogP contribution in [0.25, 0.3) is 0 Å². The van der Waals surface area contributed by atoms with Crippen molar-refractivity contribution in [3.8, 4) is 0 Å². The van der Waals surface area contributed by atoms with Gasteiger partial charge in [-0.3, -0.25) is 4.79 Å². The second-order valence-corrected chi connectivity index (χ2v) is 4.05. The molecule has 0 aliphatic carbocycles. The van der Waals surface area contributed by atoms with Gasteiger partial charge in [-0.15, -0.1) is 0 Å². The average Bonchev–Trinajstić information content (AvgIpc) is 2.33. The molecule has 2 aromatic rings. The maximum atomic E-state index is 12.0. The lowest BCUT2D eigenvalue weighted by atomic mass is 10.1. The zero-order chi connectivity index (χ0) is 11.5. The first-order valence-corrected chi connectivity index (χ1v) is 5.32. The molecule has 1 heterocycles. The summed E-state index contributed by atoms with van der Waals surface area (Å²) in [6, 6.07) is 5.04. The lowest BCUT2D eigenvalue weighted by molar-refractivity contribution is 0.103. The van der Waals surface area contributed by atoms with E-state index in [1.165, 1.54) is 18.7 Å². The normalized spacial score (nSPS) is 10.1. The Kier molecular flexibility index (Phi) is 2.96. The van der Waals surface area contributed by atoms with Crippen molar-refractivity contribution in [3.63, 3.8) is 0 Å². The van der Waals surface area contributed by atoms with E-state index in [1.807, 2.05) is 0 Å². The van der Waals surface area contributed by atoms with Crippen LogP contribution in [-0.2, 0) is 0 Å². The molecule has 1 aromatic carbocycles. The molecule has 0 spiro atoms. The van der Waals surface area contributed by atoms with Crippen LogP contribution in [0, 0.1) is 0 Å². The maximum absolute atomic E-state index is 12.0. The quantitative estimate of drug-likeness (QED) is 0.674. The number of hydrogen-bond donors (Lipinski definition) is 1. The Morgan fingerprint density at radius 1 is 1.19 bits per heavy atom. The molecule has 16 heavy (non-hydrogen) atoms. The first-order chi connectivity index (χ1) is 7.68. The van der Waals surface area contributed by atoms with Gasteiger partial charge in [-0.2, -0.15) is 0 Å². The fourth-order valence-corrected chi connectivity index (χ4v) is 1.63. The van der Waals surface area contributed by atoms with E-state index in [0.29, 0.717) is 21.3 Å². The number of ketones is 1. The highest BCUT2D eigenvalue weighted by Crippen LogP contribution is 2.21. The fourth-order valence-electron chi connectivity index (χ4n) is 1.25. The van der Waals surface area contributed by atoms with Gasteiger partial charge in [0.05, 0.1) is 5.56 Å². The second-order valence-electron chi connectivity index (χ2n) is 3.19. The van der Waals surface area contributed by atoms with E-state index in [-0.39, 0.29) is 5.78 Å². The average molecular weight is 278 g/mol. The number of carbonyl (C=O) groups excluding carboxylic acids is 1. The van der Waals surface area contributed by atoms with Crippen molar-refractivity contribution in [2.24, 2.45) is 0 Å². The molecule has 0 amide bonds. The Labute approximate surface area is 101 Å². The highest BCUT2D eigenvalue weighted by Gasteiger charge is 2.10. The summed E-state index contributed by atoms with van der Waals surface area (Å²) in [6.07, 6.45) is 4.36. The zero-order valence-electron chi connectivity index (χ0n) is 8.22. The first kappa shape index (κ1) is 10.8. The predicted molar refractivity (Wildman–Crippen MR) is 64.0 cm³/mol. The number of aromatic nitrogens is 2. The molecule has 0 saturated carbocycles. The highest BCUT2D eigenvalue weighted by atomic mass is 79.9.